The molecule has 2 fully saturated rings. The Morgan fingerprint density at radius 2 is 2.12 bits per heavy atom. The number of amides is 1. The van der Waals surface area contributed by atoms with E-state index in [2.05, 4.69) is 4.98 Å². The van der Waals surface area contributed by atoms with Gasteiger partial charge in [0.15, 0.2) is 5.69 Å². The second kappa shape index (κ2) is 3.47. The largest absolute Gasteiger partial charge is 0.397 e. The molecule has 4 heteroatoms. The smallest absolute Gasteiger partial charge is 0.274 e. The quantitative estimate of drug-likeness (QED) is 0.814. The number of carbonyl (C=O) groups excluding carboxylic acids is 1. The Morgan fingerprint density at radius 3 is 2.69 bits per heavy atom. The Morgan fingerprint density at radius 1 is 1.38 bits per heavy atom. The van der Waals surface area contributed by atoms with Crippen LogP contribution in [0.15, 0.2) is 12.1 Å². The topological polar surface area (TPSA) is 59.2 Å². The molecule has 1 amide bonds. The molecular formula is C12H15N3O. The van der Waals surface area contributed by atoms with Crippen LogP contribution in [0.25, 0.3) is 0 Å². The Bertz CT molecular complexity index is 436. The maximum absolute atomic E-state index is 12.0. The molecule has 1 aromatic heterocycles. The fourth-order valence-corrected chi connectivity index (χ4v) is 1.93. The van der Waals surface area contributed by atoms with Gasteiger partial charge in [-0.2, -0.15) is 0 Å². The van der Waals surface area contributed by atoms with Gasteiger partial charge >= 0.3 is 0 Å². The number of carbonyl (C=O) groups is 1. The molecule has 0 radical (unpaired) electrons. The summed E-state index contributed by atoms with van der Waals surface area (Å²) < 4.78 is 0. The second-order valence-corrected chi connectivity index (χ2v) is 4.59. The van der Waals surface area contributed by atoms with Crippen molar-refractivity contribution >= 4 is 11.6 Å². The summed E-state index contributed by atoms with van der Waals surface area (Å²) in [4.78, 5) is 18.2. The maximum Gasteiger partial charge on any atom is 0.274 e. The van der Waals surface area contributed by atoms with Gasteiger partial charge in [0.05, 0.1) is 5.69 Å². The van der Waals surface area contributed by atoms with Crippen LogP contribution in [-0.4, -0.2) is 28.9 Å². The Labute approximate surface area is 94.5 Å². The van der Waals surface area contributed by atoms with Gasteiger partial charge in [-0.05, 0) is 31.4 Å². The van der Waals surface area contributed by atoms with Gasteiger partial charge in [0.1, 0.15) is 0 Å². The molecule has 1 saturated heterocycles. The minimum absolute atomic E-state index is 0.00810. The van der Waals surface area contributed by atoms with Crippen LogP contribution >= 0.6 is 0 Å². The summed E-state index contributed by atoms with van der Waals surface area (Å²) in [6.07, 6.45) is 3.47. The van der Waals surface area contributed by atoms with Crippen molar-refractivity contribution in [3.05, 3.63) is 23.5 Å². The molecule has 2 heterocycles. The van der Waals surface area contributed by atoms with Crippen LogP contribution in [0.4, 0.5) is 5.69 Å². The highest BCUT2D eigenvalue weighted by molar-refractivity contribution is 5.97. The van der Waals surface area contributed by atoms with Crippen LogP contribution in [0.1, 0.15) is 41.4 Å². The highest BCUT2D eigenvalue weighted by Crippen LogP contribution is 2.39. The van der Waals surface area contributed by atoms with Crippen LogP contribution in [0.5, 0.6) is 0 Å². The molecule has 0 aromatic carbocycles. The predicted molar refractivity (Wildman–Crippen MR) is 61.1 cm³/mol. The standard InChI is InChI=1S/C12H15N3O/c13-9-4-5-10(8-2-3-8)14-11(9)12(16)15-6-1-7-15/h4-5,8H,1-3,6-7,13H2. The summed E-state index contributed by atoms with van der Waals surface area (Å²) in [5.41, 5.74) is 7.79. The summed E-state index contributed by atoms with van der Waals surface area (Å²) in [7, 11) is 0. The zero-order chi connectivity index (χ0) is 11.1. The summed E-state index contributed by atoms with van der Waals surface area (Å²) in [5.74, 6) is 0.551. The third-order valence-corrected chi connectivity index (χ3v) is 3.29. The highest BCUT2D eigenvalue weighted by atomic mass is 16.2. The third kappa shape index (κ3) is 1.54. The lowest BCUT2D eigenvalue weighted by Crippen LogP contribution is -2.42. The number of rotatable bonds is 2. The molecule has 0 bridgehead atoms. The zero-order valence-corrected chi connectivity index (χ0v) is 9.15. The molecule has 1 aliphatic heterocycles. The molecule has 2 N–H and O–H groups in total. The number of anilines is 1. The number of nitrogens with two attached hydrogens (primary N) is 1. The summed E-state index contributed by atoms with van der Waals surface area (Å²) in [5, 5.41) is 0. The first kappa shape index (κ1) is 9.63. The van der Waals surface area contributed by atoms with Crippen molar-refractivity contribution < 1.29 is 4.79 Å². The molecular weight excluding hydrogens is 202 g/mol. The van der Waals surface area contributed by atoms with Crippen molar-refractivity contribution in [2.75, 3.05) is 18.8 Å². The van der Waals surface area contributed by atoms with Gasteiger partial charge in [-0.1, -0.05) is 0 Å². The van der Waals surface area contributed by atoms with Crippen LogP contribution in [-0.2, 0) is 0 Å². The first-order valence-electron chi connectivity index (χ1n) is 5.81. The molecule has 3 rings (SSSR count). The summed E-state index contributed by atoms with van der Waals surface area (Å²) in [6.45, 7) is 1.68. The minimum atomic E-state index is -0.00810. The van der Waals surface area contributed by atoms with Crippen molar-refractivity contribution in [3.8, 4) is 0 Å². The molecule has 16 heavy (non-hydrogen) atoms. The van der Waals surface area contributed by atoms with E-state index in [1.807, 2.05) is 12.1 Å². The van der Waals surface area contributed by atoms with Crippen molar-refractivity contribution in [2.24, 2.45) is 0 Å². The van der Waals surface area contributed by atoms with Gasteiger partial charge in [0.25, 0.3) is 5.91 Å². The summed E-state index contributed by atoms with van der Waals surface area (Å²) in [6, 6.07) is 3.76. The van der Waals surface area contributed by atoms with Crippen molar-refractivity contribution in [1.29, 1.82) is 0 Å². The fourth-order valence-electron chi connectivity index (χ4n) is 1.93. The number of nitrogens with zero attached hydrogens (tertiary/aromatic N) is 2. The number of nitrogen functional groups attached to an aromatic ring is 1. The lowest BCUT2D eigenvalue weighted by Gasteiger charge is -2.30. The van der Waals surface area contributed by atoms with E-state index in [0.29, 0.717) is 17.3 Å². The molecule has 84 valence electrons. The van der Waals surface area contributed by atoms with E-state index >= 15 is 0 Å². The number of hydrogen-bond donors (Lipinski definition) is 1. The maximum atomic E-state index is 12.0. The van der Waals surface area contributed by atoms with E-state index in [9.17, 15) is 4.79 Å². The Hall–Kier alpha value is -1.58. The molecule has 1 aliphatic carbocycles. The van der Waals surface area contributed by atoms with E-state index < -0.39 is 0 Å². The summed E-state index contributed by atoms with van der Waals surface area (Å²) >= 11 is 0. The predicted octanol–water partition coefficient (Wildman–Crippen LogP) is 1.39. The fraction of sp³-hybridized carbons (Fsp3) is 0.500. The molecule has 2 aliphatic rings. The highest BCUT2D eigenvalue weighted by Gasteiger charge is 2.28. The van der Waals surface area contributed by atoms with E-state index in [-0.39, 0.29) is 5.91 Å². The number of likely N-dealkylation sites (tertiary alicyclic amines) is 1. The third-order valence-electron chi connectivity index (χ3n) is 3.29. The van der Waals surface area contributed by atoms with Crippen LogP contribution < -0.4 is 5.73 Å². The van der Waals surface area contributed by atoms with Crippen LogP contribution in [0.3, 0.4) is 0 Å². The average Bonchev–Trinajstić information content (AvgIpc) is 2.99. The van der Waals surface area contributed by atoms with Gasteiger partial charge in [0.2, 0.25) is 0 Å². The van der Waals surface area contributed by atoms with Gasteiger partial charge in [-0.15, -0.1) is 0 Å². The molecule has 1 saturated carbocycles. The van der Waals surface area contributed by atoms with Crippen LogP contribution in [0.2, 0.25) is 0 Å². The van der Waals surface area contributed by atoms with Gasteiger partial charge in [-0.3, -0.25) is 4.79 Å². The molecule has 0 atom stereocenters. The van der Waals surface area contributed by atoms with E-state index in [1.165, 1.54) is 12.8 Å². The van der Waals surface area contributed by atoms with E-state index in [0.717, 1.165) is 25.2 Å². The first-order chi connectivity index (χ1) is 7.75. The minimum Gasteiger partial charge on any atom is -0.397 e. The number of hydrogen-bond acceptors (Lipinski definition) is 3. The van der Waals surface area contributed by atoms with Gasteiger partial charge < -0.3 is 10.6 Å². The molecule has 0 unspecified atom stereocenters. The monoisotopic (exact) mass is 217 g/mol. The zero-order valence-electron chi connectivity index (χ0n) is 9.15. The van der Waals surface area contributed by atoms with E-state index in [4.69, 9.17) is 5.73 Å². The van der Waals surface area contributed by atoms with Crippen LogP contribution in [0, 0.1) is 0 Å². The van der Waals surface area contributed by atoms with E-state index in [1.54, 1.807) is 4.90 Å². The normalized spacial score (nSPS) is 19.4. The van der Waals surface area contributed by atoms with Crippen molar-refractivity contribution in [2.45, 2.75) is 25.2 Å². The first-order valence-corrected chi connectivity index (χ1v) is 5.81. The molecule has 4 nitrogen and oxygen atoms in total. The lowest BCUT2D eigenvalue weighted by molar-refractivity contribution is 0.0646. The number of pyridine rings is 1. The lowest BCUT2D eigenvalue weighted by atomic mass is 10.1. The van der Waals surface area contributed by atoms with Crippen molar-refractivity contribution in [3.63, 3.8) is 0 Å². The second-order valence-electron chi connectivity index (χ2n) is 4.59. The average molecular weight is 217 g/mol. The van der Waals surface area contributed by atoms with Gasteiger partial charge in [0, 0.05) is 24.7 Å². The van der Waals surface area contributed by atoms with Crippen molar-refractivity contribution in [1.82, 2.24) is 9.88 Å². The molecule has 0 spiro atoms. The number of aromatic nitrogens is 1. The molecule has 1 aromatic rings. The Balaban J connectivity index is 1.91. The van der Waals surface area contributed by atoms with Gasteiger partial charge in [-0.25, -0.2) is 4.98 Å². The Kier molecular flexibility index (Phi) is 2.09. The SMILES string of the molecule is Nc1ccc(C2CC2)nc1C(=O)N1CCC1.